The van der Waals surface area contributed by atoms with Gasteiger partial charge in [-0.15, -0.1) is 0 Å². The second kappa shape index (κ2) is 29.2. The topological polar surface area (TPSA) is 18.5 Å². The van der Waals surface area contributed by atoms with Gasteiger partial charge in [0.25, 0.3) is 0 Å². The van der Waals surface area contributed by atoms with Gasteiger partial charge < -0.3 is 9.47 Å². The fourth-order valence-electron chi connectivity index (χ4n) is 0.552. The first-order chi connectivity index (χ1) is 7.91. The fraction of sp³-hybridized carbons (Fsp3) is 0.571. The van der Waals surface area contributed by atoms with E-state index < -0.39 is 0 Å². The van der Waals surface area contributed by atoms with Gasteiger partial charge in [-0.2, -0.15) is 0 Å². The summed E-state index contributed by atoms with van der Waals surface area (Å²) in [6.45, 7) is 9.38. The van der Waals surface area contributed by atoms with E-state index in [0.717, 1.165) is 0 Å². The number of ether oxygens (including phenoxy) is 2. The van der Waals surface area contributed by atoms with E-state index in [1.807, 2.05) is 64.1 Å². The molecule has 16 heavy (non-hydrogen) atoms. The highest BCUT2D eigenvalue weighted by molar-refractivity contribution is 4.99. The predicted octanol–water partition coefficient (Wildman–Crippen LogP) is 4.02. The standard InChI is InChI=1S/C6H6.C4H10O2.2C2H6/c1-2-4-6-5-3-1;1-5-3-4-6-2;2*1-2/h1-6H;3-4H2,1-2H3;2*1-2H3. The van der Waals surface area contributed by atoms with Crippen LogP contribution in [0.2, 0.25) is 0 Å². The highest BCUT2D eigenvalue weighted by Gasteiger charge is 1.73. The Morgan fingerprint density at radius 3 is 0.875 bits per heavy atom. The summed E-state index contributed by atoms with van der Waals surface area (Å²) in [7, 11) is 3.30. The molecule has 0 aliphatic carbocycles. The van der Waals surface area contributed by atoms with E-state index in [1.54, 1.807) is 14.2 Å². The highest BCUT2D eigenvalue weighted by atomic mass is 16.5. The smallest absolute Gasteiger partial charge is 0.0696 e. The number of hydrogen-bond acceptors (Lipinski definition) is 2. The molecule has 0 aliphatic heterocycles. The van der Waals surface area contributed by atoms with Crippen molar-refractivity contribution in [1.29, 1.82) is 0 Å². The molecule has 0 heterocycles. The molecule has 1 aromatic carbocycles. The van der Waals surface area contributed by atoms with E-state index in [-0.39, 0.29) is 0 Å². The molecule has 0 atom stereocenters. The summed E-state index contributed by atoms with van der Waals surface area (Å²) in [4.78, 5) is 0. The van der Waals surface area contributed by atoms with Gasteiger partial charge in [0.2, 0.25) is 0 Å². The Labute approximate surface area is 102 Å². The van der Waals surface area contributed by atoms with Crippen molar-refractivity contribution in [3.05, 3.63) is 36.4 Å². The van der Waals surface area contributed by atoms with E-state index in [2.05, 4.69) is 9.47 Å². The Kier molecular flexibility index (Phi) is 37.5. The van der Waals surface area contributed by atoms with Crippen molar-refractivity contribution in [2.24, 2.45) is 0 Å². The van der Waals surface area contributed by atoms with E-state index >= 15 is 0 Å². The van der Waals surface area contributed by atoms with Crippen LogP contribution in [0.15, 0.2) is 36.4 Å². The normalized spacial score (nSPS) is 7.12. The van der Waals surface area contributed by atoms with Gasteiger partial charge in [-0.25, -0.2) is 0 Å². The quantitative estimate of drug-likeness (QED) is 0.727. The number of rotatable bonds is 3. The van der Waals surface area contributed by atoms with Crippen LogP contribution in [0.5, 0.6) is 0 Å². The molecular formula is C14H28O2. The average molecular weight is 228 g/mol. The van der Waals surface area contributed by atoms with Gasteiger partial charge in [-0.3, -0.25) is 0 Å². The first kappa shape index (κ1) is 20.5. The van der Waals surface area contributed by atoms with Gasteiger partial charge in [0.1, 0.15) is 0 Å². The van der Waals surface area contributed by atoms with Crippen LogP contribution in [-0.2, 0) is 9.47 Å². The van der Waals surface area contributed by atoms with Crippen LogP contribution in [-0.4, -0.2) is 27.4 Å². The Bertz CT molecular complexity index is 121. The third kappa shape index (κ3) is 29.2. The third-order valence-electron chi connectivity index (χ3n) is 1.16. The molecule has 1 aromatic rings. The van der Waals surface area contributed by atoms with E-state index in [1.165, 1.54) is 0 Å². The average Bonchev–Trinajstić information content (AvgIpc) is 2.43. The molecule has 0 bridgehead atoms. The molecule has 0 radical (unpaired) electrons. The third-order valence-corrected chi connectivity index (χ3v) is 1.16. The first-order valence-electron chi connectivity index (χ1n) is 5.89. The minimum atomic E-state index is 0.691. The van der Waals surface area contributed by atoms with Gasteiger partial charge in [0.15, 0.2) is 0 Å². The van der Waals surface area contributed by atoms with Gasteiger partial charge in [0, 0.05) is 14.2 Å². The molecule has 1 rings (SSSR count). The predicted molar refractivity (Wildman–Crippen MR) is 72.9 cm³/mol. The molecule has 0 saturated heterocycles. The summed E-state index contributed by atoms with van der Waals surface area (Å²) in [5.41, 5.74) is 0. The number of hydrogen-bond donors (Lipinski definition) is 0. The van der Waals surface area contributed by atoms with Crippen molar-refractivity contribution in [3.63, 3.8) is 0 Å². The minimum Gasteiger partial charge on any atom is -0.382 e. The summed E-state index contributed by atoms with van der Waals surface area (Å²) < 4.78 is 9.31. The number of methoxy groups -OCH3 is 2. The lowest BCUT2D eigenvalue weighted by atomic mass is 10.4. The maximum Gasteiger partial charge on any atom is 0.0696 e. The second-order valence-electron chi connectivity index (χ2n) is 2.14. The van der Waals surface area contributed by atoms with Crippen LogP contribution < -0.4 is 0 Å². The van der Waals surface area contributed by atoms with Crippen molar-refractivity contribution in [3.8, 4) is 0 Å². The Morgan fingerprint density at radius 1 is 0.562 bits per heavy atom. The molecule has 0 spiro atoms. The van der Waals surface area contributed by atoms with Crippen LogP contribution in [0.4, 0.5) is 0 Å². The summed E-state index contributed by atoms with van der Waals surface area (Å²) >= 11 is 0. The molecule has 0 unspecified atom stereocenters. The lowest BCUT2D eigenvalue weighted by Crippen LogP contribution is -1.96. The maximum absolute atomic E-state index is 4.66. The van der Waals surface area contributed by atoms with Gasteiger partial charge in [-0.05, 0) is 0 Å². The maximum atomic E-state index is 4.66. The molecule has 2 nitrogen and oxygen atoms in total. The Morgan fingerprint density at radius 2 is 0.750 bits per heavy atom. The zero-order valence-electron chi connectivity index (χ0n) is 11.7. The molecule has 0 aromatic heterocycles. The zero-order chi connectivity index (χ0) is 13.1. The van der Waals surface area contributed by atoms with Gasteiger partial charge >= 0.3 is 0 Å². The van der Waals surface area contributed by atoms with Crippen molar-refractivity contribution in [2.45, 2.75) is 27.7 Å². The van der Waals surface area contributed by atoms with Gasteiger partial charge in [0.05, 0.1) is 13.2 Å². The summed E-state index contributed by atoms with van der Waals surface area (Å²) in [5, 5.41) is 0. The molecule has 0 saturated carbocycles. The lowest BCUT2D eigenvalue weighted by molar-refractivity contribution is 0.103. The molecule has 0 N–H and O–H groups in total. The molecular weight excluding hydrogens is 200 g/mol. The SMILES string of the molecule is CC.CC.COCCOC.c1ccccc1. The monoisotopic (exact) mass is 228 g/mol. The van der Waals surface area contributed by atoms with Crippen LogP contribution in [0.25, 0.3) is 0 Å². The second-order valence-corrected chi connectivity index (χ2v) is 2.14. The molecule has 2 heteroatoms. The highest BCUT2D eigenvalue weighted by Crippen LogP contribution is 1.79. The van der Waals surface area contributed by atoms with Crippen molar-refractivity contribution in [1.82, 2.24) is 0 Å². The molecule has 96 valence electrons. The summed E-state index contributed by atoms with van der Waals surface area (Å²) in [5.74, 6) is 0. The van der Waals surface area contributed by atoms with Crippen LogP contribution in [0, 0.1) is 0 Å². The summed E-state index contributed by atoms with van der Waals surface area (Å²) in [6, 6.07) is 12.0. The Hall–Kier alpha value is -0.860. The number of benzene rings is 1. The lowest BCUT2D eigenvalue weighted by Gasteiger charge is -1.91. The van der Waals surface area contributed by atoms with Crippen molar-refractivity contribution < 1.29 is 9.47 Å². The molecule has 0 aliphatic rings. The van der Waals surface area contributed by atoms with E-state index in [9.17, 15) is 0 Å². The van der Waals surface area contributed by atoms with E-state index in [4.69, 9.17) is 0 Å². The van der Waals surface area contributed by atoms with Crippen LogP contribution in [0.3, 0.4) is 0 Å². The fourth-order valence-corrected chi connectivity index (χ4v) is 0.552. The molecule has 0 fully saturated rings. The Balaban J connectivity index is -0.000000162. The van der Waals surface area contributed by atoms with Crippen molar-refractivity contribution >= 4 is 0 Å². The van der Waals surface area contributed by atoms with E-state index in [0.29, 0.717) is 13.2 Å². The first-order valence-corrected chi connectivity index (χ1v) is 5.89. The molecule has 0 amide bonds. The van der Waals surface area contributed by atoms with Crippen molar-refractivity contribution in [2.75, 3.05) is 27.4 Å². The van der Waals surface area contributed by atoms with Gasteiger partial charge in [-0.1, -0.05) is 64.1 Å². The zero-order valence-corrected chi connectivity index (χ0v) is 11.7. The van der Waals surface area contributed by atoms with Crippen LogP contribution >= 0.6 is 0 Å². The largest absolute Gasteiger partial charge is 0.382 e. The summed E-state index contributed by atoms with van der Waals surface area (Å²) in [6.07, 6.45) is 0. The minimum absolute atomic E-state index is 0.691. The van der Waals surface area contributed by atoms with Crippen LogP contribution in [0.1, 0.15) is 27.7 Å².